The minimum atomic E-state index is 0.147. The van der Waals surface area contributed by atoms with E-state index >= 15 is 0 Å². The Balaban J connectivity index is 1.42. The third-order valence-electron chi connectivity index (χ3n) is 6.31. The lowest BCUT2D eigenvalue weighted by atomic mass is 9.87. The first-order chi connectivity index (χ1) is 11.3. The Morgan fingerprint density at radius 1 is 1.17 bits per heavy atom. The molecule has 23 heavy (non-hydrogen) atoms. The molecule has 120 valence electrons. The molecule has 0 radical (unpaired) electrons. The fraction of sp³-hybridized carbons (Fsp3) is 0.579. The van der Waals surface area contributed by atoms with Crippen molar-refractivity contribution >= 4 is 16.9 Å². The SMILES string of the molecule is O=C([C@H]1C[C@H]2CC[C@H]1C2)N1CCC[C@H]1c1nc2ccccc2[nH]1. The second kappa shape index (κ2) is 5.08. The topological polar surface area (TPSA) is 49.0 Å². The van der Waals surface area contributed by atoms with E-state index in [0.717, 1.165) is 48.6 Å². The molecule has 1 aliphatic heterocycles. The maximum atomic E-state index is 13.1. The zero-order chi connectivity index (χ0) is 15.4. The van der Waals surface area contributed by atoms with Crippen LogP contribution in [0.3, 0.4) is 0 Å². The molecule has 1 N–H and O–H groups in total. The van der Waals surface area contributed by atoms with Gasteiger partial charge >= 0.3 is 0 Å². The van der Waals surface area contributed by atoms with E-state index in [1.54, 1.807) is 0 Å². The summed E-state index contributed by atoms with van der Waals surface area (Å²) in [4.78, 5) is 23.4. The Bertz CT molecular complexity index is 719. The van der Waals surface area contributed by atoms with Crippen molar-refractivity contribution in [1.29, 1.82) is 0 Å². The number of nitrogens with zero attached hydrogens (tertiary/aromatic N) is 2. The molecule has 3 aliphatic rings. The maximum absolute atomic E-state index is 13.1. The molecule has 0 unspecified atom stereocenters. The normalized spacial score (nSPS) is 33.0. The molecule has 3 fully saturated rings. The number of imidazole rings is 1. The molecule has 0 spiro atoms. The van der Waals surface area contributed by atoms with Gasteiger partial charge in [0.15, 0.2) is 0 Å². The fourth-order valence-corrected chi connectivity index (χ4v) is 5.21. The van der Waals surface area contributed by atoms with Crippen molar-refractivity contribution in [3.63, 3.8) is 0 Å². The van der Waals surface area contributed by atoms with E-state index in [-0.39, 0.29) is 6.04 Å². The number of likely N-dealkylation sites (tertiary alicyclic amines) is 1. The Hall–Kier alpha value is -1.84. The van der Waals surface area contributed by atoms with Crippen LogP contribution >= 0.6 is 0 Å². The van der Waals surface area contributed by atoms with Crippen LogP contribution in [-0.2, 0) is 4.79 Å². The summed E-state index contributed by atoms with van der Waals surface area (Å²) in [7, 11) is 0. The number of para-hydroxylation sites is 2. The van der Waals surface area contributed by atoms with E-state index in [9.17, 15) is 4.79 Å². The lowest BCUT2D eigenvalue weighted by Gasteiger charge is -2.30. The van der Waals surface area contributed by atoms with Gasteiger partial charge in [0.25, 0.3) is 0 Å². The van der Waals surface area contributed by atoms with Gasteiger partial charge < -0.3 is 9.88 Å². The number of hydrogen-bond acceptors (Lipinski definition) is 2. The Morgan fingerprint density at radius 2 is 2.09 bits per heavy atom. The maximum Gasteiger partial charge on any atom is 0.226 e. The molecule has 2 aliphatic carbocycles. The number of fused-ring (bicyclic) bond motifs is 3. The molecule has 2 saturated carbocycles. The number of H-pyrrole nitrogens is 1. The Morgan fingerprint density at radius 3 is 2.87 bits per heavy atom. The summed E-state index contributed by atoms with van der Waals surface area (Å²) in [6.07, 6.45) is 7.17. The molecule has 4 heteroatoms. The molecular weight excluding hydrogens is 286 g/mol. The van der Waals surface area contributed by atoms with Gasteiger partial charge in [-0.3, -0.25) is 4.79 Å². The van der Waals surface area contributed by atoms with E-state index in [4.69, 9.17) is 4.98 Å². The van der Waals surface area contributed by atoms with Crippen LogP contribution in [0.4, 0.5) is 0 Å². The number of carbonyl (C=O) groups excluding carboxylic acids is 1. The molecule has 2 bridgehead atoms. The van der Waals surface area contributed by atoms with E-state index in [0.29, 0.717) is 17.7 Å². The number of amides is 1. The van der Waals surface area contributed by atoms with E-state index in [2.05, 4.69) is 16.0 Å². The summed E-state index contributed by atoms with van der Waals surface area (Å²) in [5.41, 5.74) is 2.07. The molecule has 1 aromatic carbocycles. The predicted molar refractivity (Wildman–Crippen MR) is 88.7 cm³/mol. The summed E-state index contributed by atoms with van der Waals surface area (Å²) in [6, 6.07) is 8.28. The highest BCUT2D eigenvalue weighted by molar-refractivity contribution is 5.81. The number of aromatic nitrogens is 2. The van der Waals surface area contributed by atoms with Gasteiger partial charge in [-0.25, -0.2) is 4.98 Å². The van der Waals surface area contributed by atoms with Gasteiger partial charge in [0.1, 0.15) is 5.82 Å². The van der Waals surface area contributed by atoms with Crippen molar-refractivity contribution in [2.24, 2.45) is 17.8 Å². The number of aromatic amines is 1. The third kappa shape index (κ3) is 2.11. The first-order valence-corrected chi connectivity index (χ1v) is 9.05. The average Bonchev–Trinajstić information content (AvgIpc) is 3.35. The number of carbonyl (C=O) groups is 1. The van der Waals surface area contributed by atoms with Gasteiger partial charge in [-0.1, -0.05) is 18.6 Å². The summed E-state index contributed by atoms with van der Waals surface area (Å²) >= 11 is 0. The van der Waals surface area contributed by atoms with Gasteiger partial charge in [-0.15, -0.1) is 0 Å². The molecular formula is C19H23N3O. The van der Waals surface area contributed by atoms with Gasteiger partial charge in [0.05, 0.1) is 17.1 Å². The minimum Gasteiger partial charge on any atom is -0.340 e. The lowest BCUT2D eigenvalue weighted by molar-refractivity contribution is -0.138. The summed E-state index contributed by atoms with van der Waals surface area (Å²) < 4.78 is 0. The van der Waals surface area contributed by atoms with Crippen molar-refractivity contribution < 1.29 is 4.79 Å². The van der Waals surface area contributed by atoms with Crippen LogP contribution in [0.15, 0.2) is 24.3 Å². The summed E-state index contributed by atoms with van der Waals surface area (Å²) in [5, 5.41) is 0. The van der Waals surface area contributed by atoms with Crippen LogP contribution in [0.25, 0.3) is 11.0 Å². The number of rotatable bonds is 2. The Labute approximate surface area is 136 Å². The standard InChI is InChI=1S/C19H23N3O/c23-19(14-11-12-7-8-13(14)10-12)22-9-3-6-17(22)18-20-15-4-1-2-5-16(15)21-18/h1-2,4-5,12-14,17H,3,6-11H2,(H,20,21)/t12-,13-,14-,17-/m0/s1. The molecule has 2 aromatic rings. The van der Waals surface area contributed by atoms with Gasteiger partial charge in [0, 0.05) is 12.5 Å². The average molecular weight is 309 g/mol. The largest absolute Gasteiger partial charge is 0.340 e. The highest BCUT2D eigenvalue weighted by Crippen LogP contribution is 2.50. The van der Waals surface area contributed by atoms with Gasteiger partial charge in [-0.05, 0) is 56.1 Å². The van der Waals surface area contributed by atoms with Crippen LogP contribution in [0, 0.1) is 17.8 Å². The summed E-state index contributed by atoms with van der Waals surface area (Å²) in [5.74, 6) is 3.14. The monoisotopic (exact) mass is 309 g/mol. The van der Waals surface area contributed by atoms with Crippen molar-refractivity contribution in [2.45, 2.75) is 44.6 Å². The molecule has 1 saturated heterocycles. The van der Waals surface area contributed by atoms with Crippen molar-refractivity contribution in [1.82, 2.24) is 14.9 Å². The molecule has 4 atom stereocenters. The van der Waals surface area contributed by atoms with Crippen molar-refractivity contribution in [3.05, 3.63) is 30.1 Å². The smallest absolute Gasteiger partial charge is 0.226 e. The number of benzene rings is 1. The van der Waals surface area contributed by atoms with Crippen LogP contribution in [0.5, 0.6) is 0 Å². The number of hydrogen-bond donors (Lipinski definition) is 1. The zero-order valence-corrected chi connectivity index (χ0v) is 13.4. The van der Waals surface area contributed by atoms with Gasteiger partial charge in [-0.2, -0.15) is 0 Å². The lowest BCUT2D eigenvalue weighted by Crippen LogP contribution is -2.38. The second-order valence-electron chi connectivity index (χ2n) is 7.61. The van der Waals surface area contributed by atoms with Crippen LogP contribution in [0.1, 0.15) is 50.4 Å². The quantitative estimate of drug-likeness (QED) is 0.920. The van der Waals surface area contributed by atoms with Gasteiger partial charge in [0.2, 0.25) is 5.91 Å². The molecule has 2 heterocycles. The minimum absolute atomic E-state index is 0.147. The molecule has 1 amide bonds. The first kappa shape index (κ1) is 13.6. The molecule has 5 rings (SSSR count). The summed E-state index contributed by atoms with van der Waals surface area (Å²) in [6.45, 7) is 0.897. The van der Waals surface area contributed by atoms with Crippen molar-refractivity contribution in [2.75, 3.05) is 6.54 Å². The fourth-order valence-electron chi connectivity index (χ4n) is 5.21. The predicted octanol–water partition coefficient (Wildman–Crippen LogP) is 3.66. The van der Waals surface area contributed by atoms with Crippen LogP contribution < -0.4 is 0 Å². The second-order valence-corrected chi connectivity index (χ2v) is 7.61. The first-order valence-electron chi connectivity index (χ1n) is 9.05. The van der Waals surface area contributed by atoms with Crippen LogP contribution in [-0.4, -0.2) is 27.3 Å². The molecule has 1 aromatic heterocycles. The Kier molecular flexibility index (Phi) is 3.00. The van der Waals surface area contributed by atoms with E-state index < -0.39 is 0 Å². The third-order valence-corrected chi connectivity index (χ3v) is 6.31. The zero-order valence-electron chi connectivity index (χ0n) is 13.4. The molecule has 4 nitrogen and oxygen atoms in total. The highest BCUT2D eigenvalue weighted by atomic mass is 16.2. The van der Waals surface area contributed by atoms with E-state index in [1.807, 2.05) is 18.2 Å². The highest BCUT2D eigenvalue weighted by Gasteiger charge is 2.46. The van der Waals surface area contributed by atoms with Crippen LogP contribution in [0.2, 0.25) is 0 Å². The number of nitrogens with one attached hydrogen (secondary N) is 1. The van der Waals surface area contributed by atoms with Crippen molar-refractivity contribution in [3.8, 4) is 0 Å². The van der Waals surface area contributed by atoms with E-state index in [1.165, 1.54) is 19.3 Å².